The minimum absolute atomic E-state index is 0.235. The van der Waals surface area contributed by atoms with Crippen LogP contribution in [0.2, 0.25) is 0 Å². The minimum atomic E-state index is -0.861. The molecule has 31 heavy (non-hydrogen) atoms. The van der Waals surface area contributed by atoms with E-state index in [2.05, 4.69) is 4.98 Å². The van der Waals surface area contributed by atoms with Gasteiger partial charge in [0.2, 0.25) is 0 Å². The number of methoxy groups -OCH3 is 1. The highest BCUT2D eigenvalue weighted by molar-refractivity contribution is 5.81. The van der Waals surface area contributed by atoms with E-state index in [1.807, 2.05) is 30.3 Å². The predicted molar refractivity (Wildman–Crippen MR) is 115 cm³/mol. The molecule has 0 amide bonds. The summed E-state index contributed by atoms with van der Waals surface area (Å²) in [5.74, 6) is 1.68. The Morgan fingerprint density at radius 3 is 2.58 bits per heavy atom. The van der Waals surface area contributed by atoms with Crippen molar-refractivity contribution in [3.8, 4) is 28.5 Å². The zero-order chi connectivity index (χ0) is 21.4. The number of aromatic nitrogens is 1. The minimum Gasteiger partial charge on any atom is -0.497 e. The third-order valence-electron chi connectivity index (χ3n) is 5.38. The number of aliphatic hydroxyl groups is 1. The molecule has 0 bridgehead atoms. The molecule has 3 aromatic carbocycles. The van der Waals surface area contributed by atoms with Gasteiger partial charge in [0.05, 0.1) is 18.3 Å². The van der Waals surface area contributed by atoms with Crippen molar-refractivity contribution < 1.29 is 23.7 Å². The van der Waals surface area contributed by atoms with Gasteiger partial charge in [-0.25, -0.2) is 9.37 Å². The van der Waals surface area contributed by atoms with Crippen LogP contribution < -0.4 is 14.2 Å². The van der Waals surface area contributed by atoms with Crippen molar-refractivity contribution in [1.29, 1.82) is 0 Å². The fourth-order valence-corrected chi connectivity index (χ4v) is 3.72. The lowest BCUT2D eigenvalue weighted by Gasteiger charge is -2.31. The SMILES string of the molecule is COc1ccc(O[C@@H]2COc3ccc(-c4ccc5cc(F)ccc5n4)cc3[C@@H]2O)cc1. The van der Waals surface area contributed by atoms with Crippen molar-refractivity contribution in [3.05, 3.63) is 84.2 Å². The number of benzene rings is 3. The molecule has 1 aromatic heterocycles. The third kappa shape index (κ3) is 3.78. The second kappa shape index (κ2) is 7.89. The summed E-state index contributed by atoms with van der Waals surface area (Å²) in [6, 6.07) is 20.9. The summed E-state index contributed by atoms with van der Waals surface area (Å²) in [5.41, 5.74) is 2.91. The van der Waals surface area contributed by atoms with E-state index in [9.17, 15) is 9.50 Å². The first-order valence-corrected chi connectivity index (χ1v) is 9.93. The standard InChI is InChI=1S/C25H20FNO4/c1-29-18-5-7-19(8-6-18)31-24-14-30-23-11-3-16(13-20(23)25(24)28)21-9-2-15-12-17(26)4-10-22(15)27-21/h2-13,24-25,28H,14H2,1H3/t24-,25+/m1/s1. The van der Waals surface area contributed by atoms with Gasteiger partial charge in [-0.15, -0.1) is 0 Å². The number of aliphatic hydroxyl groups excluding tert-OH is 1. The number of fused-ring (bicyclic) bond motifs is 2. The lowest BCUT2D eigenvalue weighted by Crippen LogP contribution is -2.35. The van der Waals surface area contributed by atoms with Gasteiger partial charge in [0.25, 0.3) is 0 Å². The van der Waals surface area contributed by atoms with E-state index in [1.54, 1.807) is 37.4 Å². The molecule has 0 saturated carbocycles. The van der Waals surface area contributed by atoms with E-state index in [4.69, 9.17) is 14.2 Å². The number of ether oxygens (including phenoxy) is 3. The summed E-state index contributed by atoms with van der Waals surface area (Å²) in [7, 11) is 1.60. The van der Waals surface area contributed by atoms with Gasteiger partial charge < -0.3 is 19.3 Å². The number of pyridine rings is 1. The molecule has 1 aliphatic heterocycles. The summed E-state index contributed by atoms with van der Waals surface area (Å²) in [4.78, 5) is 4.63. The topological polar surface area (TPSA) is 60.8 Å². The van der Waals surface area contributed by atoms with Gasteiger partial charge >= 0.3 is 0 Å². The number of hydrogen-bond acceptors (Lipinski definition) is 5. The van der Waals surface area contributed by atoms with E-state index in [-0.39, 0.29) is 12.4 Å². The summed E-state index contributed by atoms with van der Waals surface area (Å²) in [6.45, 7) is 0.235. The highest BCUT2D eigenvalue weighted by atomic mass is 19.1. The molecule has 4 aromatic rings. The van der Waals surface area contributed by atoms with Crippen molar-refractivity contribution in [2.24, 2.45) is 0 Å². The summed E-state index contributed by atoms with van der Waals surface area (Å²) < 4.78 is 30.4. The van der Waals surface area contributed by atoms with Gasteiger partial charge in [0, 0.05) is 16.5 Å². The maximum absolute atomic E-state index is 13.4. The van der Waals surface area contributed by atoms with E-state index in [1.165, 1.54) is 12.1 Å². The van der Waals surface area contributed by atoms with Crippen LogP contribution in [0.5, 0.6) is 17.2 Å². The summed E-state index contributed by atoms with van der Waals surface area (Å²) in [6.07, 6.45) is -1.41. The zero-order valence-electron chi connectivity index (χ0n) is 16.8. The van der Waals surface area contributed by atoms with Crippen molar-refractivity contribution in [2.45, 2.75) is 12.2 Å². The van der Waals surface area contributed by atoms with E-state index in [0.29, 0.717) is 22.6 Å². The molecule has 6 heteroatoms. The van der Waals surface area contributed by atoms with Gasteiger partial charge in [0.15, 0.2) is 6.10 Å². The highest BCUT2D eigenvalue weighted by Gasteiger charge is 2.31. The summed E-state index contributed by atoms with van der Waals surface area (Å²) in [5, 5.41) is 11.7. The maximum atomic E-state index is 13.4. The van der Waals surface area contributed by atoms with E-state index < -0.39 is 12.2 Å². The molecule has 0 saturated heterocycles. The van der Waals surface area contributed by atoms with Crippen LogP contribution in [0.1, 0.15) is 11.7 Å². The second-order valence-corrected chi connectivity index (χ2v) is 7.37. The molecule has 1 N–H and O–H groups in total. The Bertz CT molecular complexity index is 1240. The Labute approximate surface area is 178 Å². The van der Waals surface area contributed by atoms with Gasteiger partial charge in [-0.2, -0.15) is 0 Å². The van der Waals surface area contributed by atoms with Crippen LogP contribution in [-0.2, 0) is 0 Å². The van der Waals surface area contributed by atoms with Crippen molar-refractivity contribution in [2.75, 3.05) is 13.7 Å². The number of hydrogen-bond donors (Lipinski definition) is 1. The second-order valence-electron chi connectivity index (χ2n) is 7.37. The Morgan fingerprint density at radius 2 is 1.77 bits per heavy atom. The van der Waals surface area contributed by atoms with E-state index in [0.717, 1.165) is 22.4 Å². The average Bonchev–Trinajstić information content (AvgIpc) is 2.81. The predicted octanol–water partition coefficient (Wildman–Crippen LogP) is 4.92. The molecule has 0 fully saturated rings. The molecule has 5 rings (SSSR count). The van der Waals surface area contributed by atoms with Crippen molar-refractivity contribution >= 4 is 10.9 Å². The molecule has 0 radical (unpaired) electrons. The Kier molecular flexibility index (Phi) is 4.92. The molecule has 0 spiro atoms. The number of halogens is 1. The molecular weight excluding hydrogens is 397 g/mol. The van der Waals surface area contributed by atoms with Crippen molar-refractivity contribution in [3.63, 3.8) is 0 Å². The molecule has 1 aliphatic rings. The largest absolute Gasteiger partial charge is 0.497 e. The fraction of sp³-hybridized carbons (Fsp3) is 0.160. The van der Waals surface area contributed by atoms with Crippen LogP contribution in [0.15, 0.2) is 72.8 Å². The smallest absolute Gasteiger partial charge is 0.163 e. The van der Waals surface area contributed by atoms with Gasteiger partial charge in [-0.3, -0.25) is 0 Å². The first-order valence-electron chi connectivity index (χ1n) is 9.93. The average molecular weight is 417 g/mol. The van der Waals surface area contributed by atoms with Crippen LogP contribution in [0.25, 0.3) is 22.2 Å². The lowest BCUT2D eigenvalue weighted by atomic mass is 9.97. The zero-order valence-corrected chi connectivity index (χ0v) is 16.8. The summed E-state index contributed by atoms with van der Waals surface area (Å²) >= 11 is 0. The molecular formula is C25H20FNO4. The molecule has 2 atom stereocenters. The Balaban J connectivity index is 1.42. The molecule has 0 aliphatic carbocycles. The number of rotatable bonds is 4. The number of nitrogens with zero attached hydrogens (tertiary/aromatic N) is 1. The maximum Gasteiger partial charge on any atom is 0.163 e. The van der Waals surface area contributed by atoms with Gasteiger partial charge in [-0.05, 0) is 66.7 Å². The Morgan fingerprint density at radius 1 is 0.968 bits per heavy atom. The van der Waals surface area contributed by atoms with Crippen LogP contribution in [-0.4, -0.2) is 29.9 Å². The first kappa shape index (κ1) is 19.3. The first-order chi connectivity index (χ1) is 15.1. The quantitative estimate of drug-likeness (QED) is 0.511. The van der Waals surface area contributed by atoms with Crippen LogP contribution in [0, 0.1) is 5.82 Å². The fourth-order valence-electron chi connectivity index (χ4n) is 3.72. The van der Waals surface area contributed by atoms with Gasteiger partial charge in [-0.1, -0.05) is 6.07 Å². The normalized spacial score (nSPS) is 17.6. The Hall–Kier alpha value is -3.64. The molecule has 156 valence electrons. The van der Waals surface area contributed by atoms with Crippen LogP contribution in [0.4, 0.5) is 4.39 Å². The van der Waals surface area contributed by atoms with Crippen LogP contribution >= 0.6 is 0 Å². The van der Waals surface area contributed by atoms with Gasteiger partial charge in [0.1, 0.15) is 35.8 Å². The third-order valence-corrected chi connectivity index (χ3v) is 5.38. The molecule has 0 unspecified atom stereocenters. The molecule has 2 heterocycles. The monoisotopic (exact) mass is 417 g/mol. The van der Waals surface area contributed by atoms with E-state index >= 15 is 0 Å². The van der Waals surface area contributed by atoms with Crippen LogP contribution in [0.3, 0.4) is 0 Å². The molecule has 5 nitrogen and oxygen atoms in total. The van der Waals surface area contributed by atoms with Crippen molar-refractivity contribution in [1.82, 2.24) is 4.98 Å². The highest BCUT2D eigenvalue weighted by Crippen LogP contribution is 2.37. The lowest BCUT2D eigenvalue weighted by molar-refractivity contribution is -0.0102.